The Labute approximate surface area is 218 Å². The van der Waals surface area contributed by atoms with Crippen molar-refractivity contribution in [2.75, 3.05) is 6.54 Å². The minimum atomic E-state index is -1.98. The summed E-state index contributed by atoms with van der Waals surface area (Å²) in [6, 6.07) is 33.6. The van der Waals surface area contributed by atoms with Gasteiger partial charge in [-0.25, -0.2) is 0 Å². The molecule has 36 heavy (non-hydrogen) atoms. The molecule has 4 rings (SSSR count). The van der Waals surface area contributed by atoms with Gasteiger partial charge in [0.1, 0.15) is 5.60 Å². The Balaban J connectivity index is 1.67. The fourth-order valence-corrected chi connectivity index (χ4v) is 8.54. The third-order valence-electron chi connectivity index (χ3n) is 8.00. The van der Waals surface area contributed by atoms with Gasteiger partial charge in [-0.3, -0.25) is 0 Å². The van der Waals surface area contributed by atoms with Crippen LogP contribution in [0.4, 0.5) is 0 Å². The van der Waals surface area contributed by atoms with Gasteiger partial charge < -0.3 is 14.5 Å². The lowest BCUT2D eigenvalue weighted by Crippen LogP contribution is -2.55. The zero-order chi connectivity index (χ0) is 25.4. The van der Waals surface area contributed by atoms with Gasteiger partial charge in [-0.1, -0.05) is 118 Å². The summed E-state index contributed by atoms with van der Waals surface area (Å²) in [5.74, 6) is 0. The predicted octanol–water partition coefficient (Wildman–Crippen LogP) is 7.54. The van der Waals surface area contributed by atoms with E-state index >= 15 is 0 Å². The molecular weight excluding hydrogens is 458 g/mol. The highest BCUT2D eigenvalue weighted by atomic mass is 28.4. The summed E-state index contributed by atoms with van der Waals surface area (Å²) in [4.78, 5) is 0. The molecule has 3 aromatic rings. The molecule has 3 aromatic carbocycles. The molecule has 1 heterocycles. The number of nitrogens with one attached hydrogen (secondary N) is 1. The maximum absolute atomic E-state index is 7.58. The van der Waals surface area contributed by atoms with E-state index in [0.717, 1.165) is 36.7 Å². The standard InChI is InChI=1S/C32H41NO2Si/c1-5-26-19-21-27(22-20-26)25-34-30-23-31(33-24-30)32(28-15-11-9-12-16-28,29-17-13-10-14-18-29)35-36(6-2,7-3)8-4/h5,9-22,30-31,33H,1,6-8,23-25H2,2-4H3/t30-,31+/m1/s1. The SMILES string of the molecule is C=Cc1ccc(CO[C@H]2CN[C@H](C(O[Si](CC)(CC)CC)(c3ccccc3)c3ccccc3)C2)cc1. The molecule has 1 saturated heterocycles. The maximum atomic E-state index is 7.58. The molecule has 0 unspecified atom stereocenters. The Bertz CT molecular complexity index is 1030. The van der Waals surface area contributed by atoms with Crippen LogP contribution in [0.3, 0.4) is 0 Å². The van der Waals surface area contributed by atoms with Crippen LogP contribution in [0.2, 0.25) is 18.1 Å². The lowest BCUT2D eigenvalue weighted by Gasteiger charge is -2.47. The van der Waals surface area contributed by atoms with Crippen LogP contribution in [0.5, 0.6) is 0 Å². The van der Waals surface area contributed by atoms with Crippen LogP contribution in [0.15, 0.2) is 91.5 Å². The van der Waals surface area contributed by atoms with Gasteiger partial charge in [-0.2, -0.15) is 0 Å². The smallest absolute Gasteiger partial charge is 0.193 e. The number of hydrogen-bond donors (Lipinski definition) is 1. The second kappa shape index (κ2) is 12.2. The second-order valence-electron chi connectivity index (χ2n) is 9.89. The van der Waals surface area contributed by atoms with Gasteiger partial charge >= 0.3 is 0 Å². The molecule has 0 radical (unpaired) electrons. The van der Waals surface area contributed by atoms with Gasteiger partial charge in [0, 0.05) is 12.6 Å². The van der Waals surface area contributed by atoms with Crippen molar-refractivity contribution >= 4 is 14.4 Å². The summed E-state index contributed by atoms with van der Waals surface area (Å²) >= 11 is 0. The summed E-state index contributed by atoms with van der Waals surface area (Å²) in [7, 11) is -1.98. The Hall–Kier alpha value is -2.50. The van der Waals surface area contributed by atoms with Crippen LogP contribution in [-0.4, -0.2) is 27.0 Å². The van der Waals surface area contributed by atoms with E-state index in [1.54, 1.807) is 0 Å². The normalized spacial score (nSPS) is 18.3. The van der Waals surface area contributed by atoms with E-state index in [-0.39, 0.29) is 12.1 Å². The van der Waals surface area contributed by atoms with E-state index < -0.39 is 13.9 Å². The Kier molecular flexibility index (Phi) is 8.97. The molecular formula is C32H41NO2Si. The van der Waals surface area contributed by atoms with Crippen molar-refractivity contribution in [3.63, 3.8) is 0 Å². The summed E-state index contributed by atoms with van der Waals surface area (Å²) < 4.78 is 14.0. The third kappa shape index (κ3) is 5.57. The lowest BCUT2D eigenvalue weighted by atomic mass is 9.79. The lowest BCUT2D eigenvalue weighted by molar-refractivity contribution is 0.0307. The monoisotopic (exact) mass is 499 g/mol. The molecule has 0 amide bonds. The van der Waals surface area contributed by atoms with Crippen molar-refractivity contribution in [3.05, 3.63) is 114 Å². The van der Waals surface area contributed by atoms with Crippen LogP contribution in [0.1, 0.15) is 49.4 Å². The molecule has 3 nitrogen and oxygen atoms in total. The zero-order valence-corrected chi connectivity index (χ0v) is 23.1. The second-order valence-corrected chi connectivity index (χ2v) is 14.6. The van der Waals surface area contributed by atoms with E-state index in [9.17, 15) is 0 Å². The van der Waals surface area contributed by atoms with E-state index in [4.69, 9.17) is 9.16 Å². The topological polar surface area (TPSA) is 30.5 Å². The first-order valence-electron chi connectivity index (χ1n) is 13.5. The highest BCUT2D eigenvalue weighted by molar-refractivity contribution is 6.73. The third-order valence-corrected chi connectivity index (χ3v) is 12.6. The van der Waals surface area contributed by atoms with E-state index in [0.29, 0.717) is 6.61 Å². The molecule has 2 atom stereocenters. The highest BCUT2D eigenvalue weighted by Crippen LogP contribution is 2.44. The van der Waals surface area contributed by atoms with E-state index in [2.05, 4.69) is 118 Å². The number of ether oxygens (including phenoxy) is 1. The minimum absolute atomic E-state index is 0.118. The van der Waals surface area contributed by atoms with Gasteiger partial charge in [0.05, 0.1) is 12.7 Å². The van der Waals surface area contributed by atoms with Crippen molar-refractivity contribution in [1.29, 1.82) is 0 Å². The number of hydrogen-bond acceptors (Lipinski definition) is 3. The molecule has 1 aliphatic rings. The van der Waals surface area contributed by atoms with Crippen LogP contribution in [0, 0.1) is 0 Å². The van der Waals surface area contributed by atoms with Crippen molar-refractivity contribution in [1.82, 2.24) is 5.32 Å². The number of rotatable bonds is 12. The van der Waals surface area contributed by atoms with Crippen molar-refractivity contribution < 1.29 is 9.16 Å². The van der Waals surface area contributed by atoms with Crippen LogP contribution >= 0.6 is 0 Å². The Morgan fingerprint density at radius 1 is 0.861 bits per heavy atom. The molecule has 4 heteroatoms. The van der Waals surface area contributed by atoms with Crippen LogP contribution in [0.25, 0.3) is 6.08 Å². The van der Waals surface area contributed by atoms with Gasteiger partial charge in [0.25, 0.3) is 0 Å². The first-order valence-corrected chi connectivity index (χ1v) is 16.0. The average Bonchev–Trinajstić information content (AvgIpc) is 3.44. The molecule has 190 valence electrons. The van der Waals surface area contributed by atoms with Crippen molar-refractivity contribution in [2.24, 2.45) is 0 Å². The average molecular weight is 500 g/mol. The summed E-state index contributed by atoms with van der Waals surface area (Å²) in [5.41, 5.74) is 4.21. The van der Waals surface area contributed by atoms with E-state index in [1.165, 1.54) is 16.7 Å². The Morgan fingerprint density at radius 3 is 1.92 bits per heavy atom. The first-order chi connectivity index (χ1) is 17.6. The fourth-order valence-electron chi connectivity index (χ4n) is 5.54. The quantitative estimate of drug-likeness (QED) is 0.261. The largest absolute Gasteiger partial charge is 0.402 e. The van der Waals surface area contributed by atoms with Crippen LogP contribution in [-0.2, 0) is 21.4 Å². The zero-order valence-electron chi connectivity index (χ0n) is 22.1. The van der Waals surface area contributed by atoms with Crippen molar-refractivity contribution in [2.45, 2.75) is 69.7 Å². The molecule has 0 bridgehead atoms. The minimum Gasteiger partial charge on any atom is -0.402 e. The van der Waals surface area contributed by atoms with Gasteiger partial charge in [0.2, 0.25) is 0 Å². The summed E-state index contributed by atoms with van der Waals surface area (Å²) in [6.07, 6.45) is 2.90. The molecule has 1 fully saturated rings. The van der Waals surface area contributed by atoms with Gasteiger partial charge in [-0.15, -0.1) is 0 Å². The fraction of sp³-hybridized carbons (Fsp3) is 0.375. The van der Waals surface area contributed by atoms with E-state index in [1.807, 2.05) is 6.08 Å². The first kappa shape index (κ1) is 26.6. The Morgan fingerprint density at radius 2 is 1.42 bits per heavy atom. The summed E-state index contributed by atoms with van der Waals surface area (Å²) in [5, 5.41) is 3.85. The molecule has 0 aromatic heterocycles. The molecule has 0 saturated carbocycles. The summed E-state index contributed by atoms with van der Waals surface area (Å²) in [6.45, 7) is 12.2. The molecule has 1 N–H and O–H groups in total. The molecule has 0 spiro atoms. The van der Waals surface area contributed by atoms with Gasteiger partial charge in [0.15, 0.2) is 8.32 Å². The molecule has 1 aliphatic heterocycles. The van der Waals surface area contributed by atoms with Crippen molar-refractivity contribution in [3.8, 4) is 0 Å². The maximum Gasteiger partial charge on any atom is 0.193 e. The van der Waals surface area contributed by atoms with Crippen LogP contribution < -0.4 is 5.32 Å². The predicted molar refractivity (Wildman–Crippen MR) is 153 cm³/mol. The molecule has 0 aliphatic carbocycles. The number of benzene rings is 3. The van der Waals surface area contributed by atoms with Gasteiger partial charge in [-0.05, 0) is 46.8 Å². The highest BCUT2D eigenvalue weighted by Gasteiger charge is 2.50.